The summed E-state index contributed by atoms with van der Waals surface area (Å²) in [4.78, 5) is 43.7. The van der Waals surface area contributed by atoms with Crippen molar-refractivity contribution >= 4 is 5.91 Å². The van der Waals surface area contributed by atoms with Crippen molar-refractivity contribution < 1.29 is 14.3 Å². The Hall–Kier alpha value is -4.73. The molecule has 2 aromatic carbocycles. The number of pyridine rings is 1. The van der Waals surface area contributed by atoms with Crippen LogP contribution in [0.3, 0.4) is 0 Å². The standard InChI is InChI=1S/C26H25N5O5/c1-17-4-6-19(7-5-17)16-30-25(33)23(24(32)28-15-18-10-12-27-13-11-18)29-31(26(30)34)20-8-9-21(35-2)22(14-20)36-3/h4-14H,15-16H2,1-3H3,(H,28,32). The predicted molar refractivity (Wildman–Crippen MR) is 133 cm³/mol. The van der Waals surface area contributed by atoms with Crippen LogP contribution >= 0.6 is 0 Å². The number of methoxy groups -OCH3 is 2. The Morgan fingerprint density at radius 2 is 1.61 bits per heavy atom. The van der Waals surface area contributed by atoms with Crippen molar-refractivity contribution in [2.24, 2.45) is 0 Å². The molecule has 2 heterocycles. The van der Waals surface area contributed by atoms with Gasteiger partial charge < -0.3 is 14.8 Å². The summed E-state index contributed by atoms with van der Waals surface area (Å²) in [6.45, 7) is 2.08. The number of hydrogen-bond acceptors (Lipinski definition) is 7. The first kappa shape index (κ1) is 24.4. The number of carbonyl (C=O) groups is 1. The highest BCUT2D eigenvalue weighted by atomic mass is 16.5. The second-order valence-corrected chi connectivity index (χ2v) is 8.00. The topological polar surface area (TPSA) is 117 Å². The molecule has 0 aliphatic rings. The van der Waals surface area contributed by atoms with Crippen LogP contribution in [0.2, 0.25) is 0 Å². The molecule has 10 nitrogen and oxygen atoms in total. The molecule has 4 aromatic rings. The lowest BCUT2D eigenvalue weighted by Gasteiger charge is -2.14. The lowest BCUT2D eigenvalue weighted by atomic mass is 10.1. The Morgan fingerprint density at radius 3 is 2.28 bits per heavy atom. The van der Waals surface area contributed by atoms with Crippen molar-refractivity contribution in [1.29, 1.82) is 0 Å². The second-order valence-electron chi connectivity index (χ2n) is 8.00. The molecular formula is C26H25N5O5. The number of nitrogens with zero attached hydrogens (tertiary/aromatic N) is 4. The molecule has 0 bridgehead atoms. The van der Waals surface area contributed by atoms with Gasteiger partial charge in [-0.15, -0.1) is 0 Å². The summed E-state index contributed by atoms with van der Waals surface area (Å²) in [6.07, 6.45) is 3.21. The van der Waals surface area contributed by atoms with Crippen molar-refractivity contribution in [2.75, 3.05) is 14.2 Å². The zero-order valence-electron chi connectivity index (χ0n) is 20.1. The second kappa shape index (κ2) is 10.7. The molecule has 184 valence electrons. The van der Waals surface area contributed by atoms with Crippen LogP contribution in [0.15, 0.2) is 76.6 Å². The Morgan fingerprint density at radius 1 is 0.917 bits per heavy atom. The van der Waals surface area contributed by atoms with Gasteiger partial charge in [-0.3, -0.25) is 19.1 Å². The molecule has 4 rings (SSSR count). The number of ether oxygens (including phenoxy) is 2. The van der Waals surface area contributed by atoms with Gasteiger partial charge in [0, 0.05) is 25.0 Å². The zero-order valence-corrected chi connectivity index (χ0v) is 20.1. The van der Waals surface area contributed by atoms with E-state index in [1.807, 2.05) is 31.2 Å². The molecule has 0 unspecified atom stereocenters. The first-order valence-corrected chi connectivity index (χ1v) is 11.1. The van der Waals surface area contributed by atoms with Crippen molar-refractivity contribution in [3.05, 3.63) is 110 Å². The molecule has 10 heteroatoms. The van der Waals surface area contributed by atoms with Crippen LogP contribution in [0.4, 0.5) is 0 Å². The van der Waals surface area contributed by atoms with Crippen LogP contribution in [0.1, 0.15) is 27.2 Å². The van der Waals surface area contributed by atoms with E-state index in [9.17, 15) is 14.4 Å². The fourth-order valence-corrected chi connectivity index (χ4v) is 3.56. The molecule has 1 amide bonds. The summed E-state index contributed by atoms with van der Waals surface area (Å²) >= 11 is 0. The van der Waals surface area contributed by atoms with Crippen LogP contribution in [-0.4, -0.2) is 39.5 Å². The quantitative estimate of drug-likeness (QED) is 0.404. The fraction of sp³-hybridized carbons (Fsp3) is 0.192. The predicted octanol–water partition coefficient (Wildman–Crippen LogP) is 2.09. The first-order chi connectivity index (χ1) is 17.4. The van der Waals surface area contributed by atoms with E-state index in [4.69, 9.17) is 9.47 Å². The van der Waals surface area contributed by atoms with Crippen molar-refractivity contribution in [3.8, 4) is 17.2 Å². The molecule has 0 fully saturated rings. The Kier molecular flexibility index (Phi) is 7.24. The van der Waals surface area contributed by atoms with Crippen LogP contribution in [0, 0.1) is 6.92 Å². The number of aromatic nitrogens is 4. The average Bonchev–Trinajstić information content (AvgIpc) is 2.91. The Balaban J connectivity index is 1.81. The minimum atomic E-state index is -0.787. The van der Waals surface area contributed by atoms with Crippen LogP contribution in [0.5, 0.6) is 11.5 Å². The molecule has 1 N–H and O–H groups in total. The maximum absolute atomic E-state index is 13.4. The summed E-state index contributed by atoms with van der Waals surface area (Å²) < 4.78 is 12.6. The third-order valence-corrected chi connectivity index (χ3v) is 5.55. The normalized spacial score (nSPS) is 10.6. The van der Waals surface area contributed by atoms with Crippen LogP contribution in [0.25, 0.3) is 5.69 Å². The number of aryl methyl sites for hydroxylation is 1. The number of hydrogen-bond donors (Lipinski definition) is 1. The molecule has 0 aliphatic heterocycles. The summed E-state index contributed by atoms with van der Waals surface area (Å²) in [5.41, 5.74) is 0.978. The summed E-state index contributed by atoms with van der Waals surface area (Å²) in [6, 6.07) is 15.7. The number of amides is 1. The number of rotatable bonds is 8. The van der Waals surface area contributed by atoms with E-state index in [2.05, 4.69) is 15.4 Å². The minimum absolute atomic E-state index is 0.0294. The molecule has 2 aromatic heterocycles. The van der Waals surface area contributed by atoms with Gasteiger partial charge in [0.15, 0.2) is 11.5 Å². The molecule has 0 saturated heterocycles. The first-order valence-electron chi connectivity index (χ1n) is 11.1. The van der Waals surface area contributed by atoms with Gasteiger partial charge in [0.1, 0.15) is 0 Å². The average molecular weight is 488 g/mol. The zero-order chi connectivity index (χ0) is 25.7. The lowest BCUT2D eigenvalue weighted by Crippen LogP contribution is -2.46. The molecule has 0 radical (unpaired) electrons. The molecule has 0 aliphatic carbocycles. The lowest BCUT2D eigenvalue weighted by molar-refractivity contribution is 0.0941. The van der Waals surface area contributed by atoms with E-state index in [0.717, 1.165) is 25.9 Å². The van der Waals surface area contributed by atoms with E-state index in [1.165, 1.54) is 14.2 Å². The van der Waals surface area contributed by atoms with Gasteiger partial charge >= 0.3 is 5.69 Å². The maximum Gasteiger partial charge on any atom is 0.352 e. The van der Waals surface area contributed by atoms with Gasteiger partial charge in [-0.1, -0.05) is 29.8 Å². The highest BCUT2D eigenvalue weighted by Gasteiger charge is 2.21. The molecule has 0 saturated carbocycles. The summed E-state index contributed by atoms with van der Waals surface area (Å²) in [5, 5.41) is 6.84. The molecule has 0 atom stereocenters. The third-order valence-electron chi connectivity index (χ3n) is 5.55. The van der Waals surface area contributed by atoms with Crippen molar-refractivity contribution in [3.63, 3.8) is 0 Å². The maximum atomic E-state index is 13.4. The molecule has 36 heavy (non-hydrogen) atoms. The third kappa shape index (κ3) is 5.17. The minimum Gasteiger partial charge on any atom is -0.493 e. The van der Waals surface area contributed by atoms with Gasteiger partial charge in [-0.05, 0) is 42.3 Å². The largest absolute Gasteiger partial charge is 0.493 e. The monoisotopic (exact) mass is 487 g/mol. The van der Waals surface area contributed by atoms with Gasteiger partial charge in [-0.25, -0.2) is 4.79 Å². The highest BCUT2D eigenvalue weighted by Crippen LogP contribution is 2.28. The molecular weight excluding hydrogens is 462 g/mol. The molecule has 0 spiro atoms. The summed E-state index contributed by atoms with van der Waals surface area (Å²) in [7, 11) is 2.96. The number of benzene rings is 2. The van der Waals surface area contributed by atoms with E-state index in [-0.39, 0.29) is 13.1 Å². The highest BCUT2D eigenvalue weighted by molar-refractivity contribution is 5.91. The van der Waals surface area contributed by atoms with Crippen LogP contribution in [-0.2, 0) is 13.1 Å². The summed E-state index contributed by atoms with van der Waals surface area (Å²) in [5.74, 6) is 0.116. The SMILES string of the molecule is COc1ccc(-n2nc(C(=O)NCc3ccncc3)c(=O)n(Cc3ccc(C)cc3)c2=O)cc1OC. The van der Waals surface area contributed by atoms with Gasteiger partial charge in [0.25, 0.3) is 11.5 Å². The van der Waals surface area contributed by atoms with Gasteiger partial charge in [0.2, 0.25) is 5.69 Å². The van der Waals surface area contributed by atoms with Gasteiger partial charge in [-0.2, -0.15) is 9.78 Å². The van der Waals surface area contributed by atoms with Crippen LogP contribution < -0.4 is 26.0 Å². The fourth-order valence-electron chi connectivity index (χ4n) is 3.56. The van der Waals surface area contributed by atoms with E-state index < -0.39 is 22.9 Å². The number of nitrogens with one attached hydrogen (secondary N) is 1. The van der Waals surface area contributed by atoms with Gasteiger partial charge in [0.05, 0.1) is 26.5 Å². The van der Waals surface area contributed by atoms with Crippen molar-refractivity contribution in [1.82, 2.24) is 24.6 Å². The smallest absolute Gasteiger partial charge is 0.352 e. The van der Waals surface area contributed by atoms with E-state index in [0.29, 0.717) is 17.2 Å². The number of carbonyl (C=O) groups excluding carboxylic acids is 1. The Labute approximate surface area is 206 Å². The van der Waals surface area contributed by atoms with E-state index >= 15 is 0 Å². The van der Waals surface area contributed by atoms with E-state index in [1.54, 1.807) is 42.7 Å². The Bertz CT molecular complexity index is 1490. The van der Waals surface area contributed by atoms with Crippen molar-refractivity contribution in [2.45, 2.75) is 20.0 Å².